The van der Waals surface area contributed by atoms with E-state index < -0.39 is 0 Å². The van der Waals surface area contributed by atoms with Gasteiger partial charge in [-0.2, -0.15) is 0 Å². The molecule has 0 fully saturated rings. The van der Waals surface area contributed by atoms with Crippen molar-refractivity contribution in [3.63, 3.8) is 0 Å². The van der Waals surface area contributed by atoms with E-state index in [9.17, 15) is 9.59 Å². The average Bonchev–Trinajstić information content (AvgIpc) is 2.41. The number of rotatable bonds is 1. The molecule has 1 aromatic rings. The lowest BCUT2D eigenvalue weighted by Gasteiger charge is -2.28. The predicted molar refractivity (Wildman–Crippen MR) is 79.3 cm³/mol. The Morgan fingerprint density at radius 1 is 1.15 bits per heavy atom. The quantitative estimate of drug-likeness (QED) is 0.735. The second-order valence-corrected chi connectivity index (χ2v) is 5.01. The Labute approximate surface area is 119 Å². The van der Waals surface area contributed by atoms with E-state index in [2.05, 4.69) is 0 Å². The molecule has 4 nitrogen and oxygen atoms in total. The largest absolute Gasteiger partial charge is 0.345 e. The molecule has 0 N–H and O–H groups in total. The molecule has 1 heterocycles. The Hall–Kier alpha value is -2.36. The Kier molecular flexibility index (Phi) is 3.74. The van der Waals surface area contributed by atoms with E-state index in [1.807, 2.05) is 31.2 Å². The van der Waals surface area contributed by atoms with Gasteiger partial charge in [0.1, 0.15) is 0 Å². The van der Waals surface area contributed by atoms with Crippen molar-refractivity contribution in [2.75, 3.05) is 14.1 Å². The maximum atomic E-state index is 12.0. The molecule has 2 rings (SSSR count). The molecule has 20 heavy (non-hydrogen) atoms. The van der Waals surface area contributed by atoms with Crippen LogP contribution in [-0.2, 0) is 9.59 Å². The van der Waals surface area contributed by atoms with Crippen molar-refractivity contribution in [2.45, 2.75) is 13.8 Å². The first-order valence-corrected chi connectivity index (χ1v) is 6.43. The van der Waals surface area contributed by atoms with Gasteiger partial charge in [-0.1, -0.05) is 24.3 Å². The van der Waals surface area contributed by atoms with Gasteiger partial charge in [0, 0.05) is 38.9 Å². The van der Waals surface area contributed by atoms with Gasteiger partial charge in [0.2, 0.25) is 11.8 Å². The summed E-state index contributed by atoms with van der Waals surface area (Å²) < 4.78 is 0. The number of nitrogens with zero attached hydrogens (tertiary/aromatic N) is 2. The number of likely N-dealkylation sites (N-methyl/N-ethyl adjacent to an activating group) is 1. The SMILES string of the molecule is CC(=O)N1C=C(C)c2ccccc2/C1=C\C(=O)N(C)C. The zero-order valence-electron chi connectivity index (χ0n) is 12.2. The molecule has 0 spiro atoms. The molecule has 0 aliphatic carbocycles. The van der Waals surface area contributed by atoms with E-state index in [1.54, 1.807) is 20.3 Å². The van der Waals surface area contributed by atoms with Crippen LogP contribution < -0.4 is 0 Å². The monoisotopic (exact) mass is 270 g/mol. The van der Waals surface area contributed by atoms with Crippen LogP contribution >= 0.6 is 0 Å². The van der Waals surface area contributed by atoms with Gasteiger partial charge in [0.05, 0.1) is 5.70 Å². The third-order valence-corrected chi connectivity index (χ3v) is 3.25. The molecule has 4 heteroatoms. The number of amides is 2. The highest BCUT2D eigenvalue weighted by Gasteiger charge is 2.23. The van der Waals surface area contributed by atoms with Crippen LogP contribution in [0.4, 0.5) is 0 Å². The highest BCUT2D eigenvalue weighted by atomic mass is 16.2. The molecule has 0 bridgehead atoms. The van der Waals surface area contributed by atoms with Crippen LogP contribution in [0.2, 0.25) is 0 Å². The number of carbonyl (C=O) groups is 2. The van der Waals surface area contributed by atoms with Crippen LogP contribution in [0, 0.1) is 0 Å². The zero-order valence-corrected chi connectivity index (χ0v) is 12.2. The molecule has 1 aliphatic rings. The molecule has 0 atom stereocenters. The van der Waals surface area contributed by atoms with Crippen LogP contribution in [0.15, 0.2) is 36.5 Å². The number of hydrogen-bond acceptors (Lipinski definition) is 2. The molecular weight excluding hydrogens is 252 g/mol. The summed E-state index contributed by atoms with van der Waals surface area (Å²) >= 11 is 0. The first-order valence-electron chi connectivity index (χ1n) is 6.43. The van der Waals surface area contributed by atoms with Crippen LogP contribution in [0.3, 0.4) is 0 Å². The van der Waals surface area contributed by atoms with E-state index in [0.29, 0.717) is 5.70 Å². The van der Waals surface area contributed by atoms with Crippen molar-refractivity contribution < 1.29 is 9.59 Å². The van der Waals surface area contributed by atoms with Crippen molar-refractivity contribution in [2.24, 2.45) is 0 Å². The molecule has 0 unspecified atom stereocenters. The average molecular weight is 270 g/mol. The number of allylic oxidation sites excluding steroid dienone is 1. The van der Waals surface area contributed by atoms with Gasteiger partial charge in [-0.3, -0.25) is 14.5 Å². The fourth-order valence-corrected chi connectivity index (χ4v) is 2.17. The Bertz CT molecular complexity index is 627. The van der Waals surface area contributed by atoms with Crippen LogP contribution in [0.25, 0.3) is 11.3 Å². The Balaban J connectivity index is 2.62. The van der Waals surface area contributed by atoms with Gasteiger partial charge in [0.25, 0.3) is 0 Å². The van der Waals surface area contributed by atoms with Crippen LogP contribution in [0.5, 0.6) is 0 Å². The highest BCUT2D eigenvalue weighted by molar-refractivity contribution is 6.01. The van der Waals surface area contributed by atoms with Crippen LogP contribution in [-0.4, -0.2) is 35.7 Å². The summed E-state index contributed by atoms with van der Waals surface area (Å²) in [6.07, 6.45) is 3.28. The Morgan fingerprint density at radius 2 is 1.75 bits per heavy atom. The zero-order chi connectivity index (χ0) is 14.9. The second kappa shape index (κ2) is 5.33. The third-order valence-electron chi connectivity index (χ3n) is 3.25. The van der Waals surface area contributed by atoms with Crippen molar-refractivity contribution in [1.82, 2.24) is 9.80 Å². The van der Waals surface area contributed by atoms with Crippen molar-refractivity contribution >= 4 is 23.1 Å². The highest BCUT2D eigenvalue weighted by Crippen LogP contribution is 2.33. The summed E-state index contributed by atoms with van der Waals surface area (Å²) in [5, 5.41) is 0. The molecule has 2 amide bonds. The number of hydrogen-bond donors (Lipinski definition) is 0. The fraction of sp³-hybridized carbons (Fsp3) is 0.250. The minimum Gasteiger partial charge on any atom is -0.345 e. The van der Waals surface area contributed by atoms with E-state index in [0.717, 1.165) is 16.7 Å². The second-order valence-electron chi connectivity index (χ2n) is 5.01. The number of carbonyl (C=O) groups excluding carboxylic acids is 2. The first-order chi connectivity index (χ1) is 9.41. The molecule has 0 saturated carbocycles. The molecule has 104 valence electrons. The van der Waals surface area contributed by atoms with Gasteiger partial charge in [0.15, 0.2) is 0 Å². The minimum absolute atomic E-state index is 0.114. The Morgan fingerprint density at radius 3 is 2.30 bits per heavy atom. The van der Waals surface area contributed by atoms with Gasteiger partial charge >= 0.3 is 0 Å². The standard InChI is InChI=1S/C16H18N2O2/c1-11-10-18(12(2)19)15(9-16(20)17(3)4)14-8-6-5-7-13(11)14/h5-10H,1-4H3/b15-9+. The molecular formula is C16H18N2O2. The fourth-order valence-electron chi connectivity index (χ4n) is 2.17. The van der Waals surface area contributed by atoms with Crippen LogP contribution in [0.1, 0.15) is 25.0 Å². The van der Waals surface area contributed by atoms with Gasteiger partial charge in [-0.05, 0) is 18.1 Å². The summed E-state index contributed by atoms with van der Waals surface area (Å²) in [5.74, 6) is -0.259. The lowest BCUT2D eigenvalue weighted by Crippen LogP contribution is -2.27. The van der Waals surface area contributed by atoms with E-state index in [1.165, 1.54) is 22.8 Å². The lowest BCUT2D eigenvalue weighted by atomic mass is 9.94. The topological polar surface area (TPSA) is 40.6 Å². The van der Waals surface area contributed by atoms with E-state index in [-0.39, 0.29) is 11.8 Å². The summed E-state index contributed by atoms with van der Waals surface area (Å²) in [7, 11) is 3.38. The van der Waals surface area contributed by atoms with Crippen molar-refractivity contribution in [3.8, 4) is 0 Å². The summed E-state index contributed by atoms with van der Waals surface area (Å²) in [4.78, 5) is 26.8. The smallest absolute Gasteiger partial charge is 0.248 e. The summed E-state index contributed by atoms with van der Waals surface area (Å²) in [6.45, 7) is 3.45. The molecule has 1 aliphatic heterocycles. The summed E-state index contributed by atoms with van der Waals surface area (Å²) in [6, 6.07) is 7.78. The minimum atomic E-state index is -0.144. The first kappa shape index (κ1) is 14.1. The van der Waals surface area contributed by atoms with Gasteiger partial charge < -0.3 is 4.90 Å². The predicted octanol–water partition coefficient (Wildman–Crippen LogP) is 2.34. The summed E-state index contributed by atoms with van der Waals surface area (Å²) in [5.41, 5.74) is 3.57. The molecule has 0 aromatic heterocycles. The van der Waals surface area contributed by atoms with Gasteiger partial charge in [-0.25, -0.2) is 0 Å². The van der Waals surface area contributed by atoms with E-state index >= 15 is 0 Å². The maximum absolute atomic E-state index is 12.0. The number of benzene rings is 1. The van der Waals surface area contributed by atoms with Gasteiger partial charge in [-0.15, -0.1) is 0 Å². The maximum Gasteiger partial charge on any atom is 0.248 e. The third kappa shape index (κ3) is 2.50. The molecule has 1 aromatic carbocycles. The number of fused-ring (bicyclic) bond motifs is 1. The normalized spacial score (nSPS) is 15.7. The molecule has 0 radical (unpaired) electrons. The molecule has 0 saturated heterocycles. The van der Waals surface area contributed by atoms with Crippen molar-refractivity contribution in [3.05, 3.63) is 47.7 Å². The lowest BCUT2D eigenvalue weighted by molar-refractivity contribution is -0.123. The van der Waals surface area contributed by atoms with E-state index in [4.69, 9.17) is 0 Å². The van der Waals surface area contributed by atoms with Crippen molar-refractivity contribution in [1.29, 1.82) is 0 Å².